The van der Waals surface area contributed by atoms with Gasteiger partial charge in [-0.3, -0.25) is 4.79 Å². The largest absolute Gasteiger partial charge is 0.341 e. The van der Waals surface area contributed by atoms with Gasteiger partial charge in [-0.1, -0.05) is 46.4 Å². The Morgan fingerprint density at radius 2 is 2.15 bits per heavy atom. The molecule has 1 aliphatic carbocycles. The van der Waals surface area contributed by atoms with Gasteiger partial charge in [0.15, 0.2) is 0 Å². The second-order valence-corrected chi connectivity index (χ2v) is 6.83. The van der Waals surface area contributed by atoms with Gasteiger partial charge in [-0.15, -0.1) is 0 Å². The fraction of sp³-hybridized carbons (Fsp3) is 0.533. The van der Waals surface area contributed by atoms with Crippen molar-refractivity contribution in [2.75, 3.05) is 7.05 Å². The van der Waals surface area contributed by atoms with Gasteiger partial charge in [0.2, 0.25) is 5.91 Å². The molecule has 2 nitrogen and oxygen atoms in total. The summed E-state index contributed by atoms with van der Waals surface area (Å²) in [6.45, 7) is 0. The van der Waals surface area contributed by atoms with Crippen LogP contribution in [0.1, 0.15) is 31.2 Å². The van der Waals surface area contributed by atoms with Crippen molar-refractivity contribution in [2.45, 2.75) is 43.0 Å². The van der Waals surface area contributed by atoms with Crippen molar-refractivity contribution >= 4 is 33.4 Å². The number of alkyl halides is 1. The van der Waals surface area contributed by atoms with Crippen LogP contribution in [0.15, 0.2) is 18.2 Å². The quantitative estimate of drug-likeness (QED) is 0.739. The number of hydrogen-bond donors (Lipinski definition) is 0. The molecular formula is C15H18BrClFNO. The number of nitrogens with zero attached hydrogens (tertiary/aromatic N) is 1. The molecule has 1 aromatic rings. The molecular weight excluding hydrogens is 345 g/mol. The minimum Gasteiger partial charge on any atom is -0.341 e. The predicted molar refractivity (Wildman–Crippen MR) is 82.9 cm³/mol. The summed E-state index contributed by atoms with van der Waals surface area (Å²) in [6, 6.07) is 4.68. The van der Waals surface area contributed by atoms with E-state index in [1.807, 2.05) is 0 Å². The molecule has 1 fully saturated rings. The number of likely N-dealkylation sites (N-methyl/N-ethyl adjacent to an activating group) is 1. The van der Waals surface area contributed by atoms with Crippen molar-refractivity contribution in [3.8, 4) is 0 Å². The van der Waals surface area contributed by atoms with E-state index in [0.29, 0.717) is 9.85 Å². The zero-order chi connectivity index (χ0) is 14.7. The maximum absolute atomic E-state index is 13.7. The molecule has 1 aliphatic rings. The number of hydrogen-bond acceptors (Lipinski definition) is 1. The Morgan fingerprint density at radius 1 is 1.45 bits per heavy atom. The third-order valence-electron chi connectivity index (χ3n) is 3.93. The Kier molecular flexibility index (Phi) is 5.44. The van der Waals surface area contributed by atoms with Crippen LogP contribution >= 0.6 is 27.5 Å². The van der Waals surface area contributed by atoms with E-state index in [1.54, 1.807) is 24.1 Å². The lowest BCUT2D eigenvalue weighted by atomic mass is 9.94. The van der Waals surface area contributed by atoms with E-state index in [4.69, 9.17) is 11.6 Å². The molecule has 0 spiro atoms. The summed E-state index contributed by atoms with van der Waals surface area (Å²) in [4.78, 5) is 14.4. The van der Waals surface area contributed by atoms with Crippen molar-refractivity contribution in [2.24, 2.45) is 0 Å². The molecule has 5 heteroatoms. The minimum absolute atomic E-state index is 0.0121. The Bertz CT molecular complexity index is 477. The molecule has 0 aliphatic heterocycles. The summed E-state index contributed by atoms with van der Waals surface area (Å²) in [7, 11) is 1.79. The second kappa shape index (κ2) is 6.90. The van der Waals surface area contributed by atoms with Gasteiger partial charge in [0.25, 0.3) is 0 Å². The first-order valence-corrected chi connectivity index (χ1v) is 8.12. The van der Waals surface area contributed by atoms with E-state index in [9.17, 15) is 9.18 Å². The number of rotatable bonds is 3. The van der Waals surface area contributed by atoms with Crippen molar-refractivity contribution in [3.63, 3.8) is 0 Å². The number of amides is 1. The summed E-state index contributed by atoms with van der Waals surface area (Å²) < 4.78 is 13.7. The Hall–Kier alpha value is -0.610. The minimum atomic E-state index is -0.418. The van der Waals surface area contributed by atoms with Crippen LogP contribution in [0.5, 0.6) is 0 Å². The van der Waals surface area contributed by atoms with E-state index in [0.717, 1.165) is 19.3 Å². The molecule has 0 bridgehead atoms. The first kappa shape index (κ1) is 15.8. The summed E-state index contributed by atoms with van der Waals surface area (Å²) in [5.74, 6) is -0.508. The highest BCUT2D eigenvalue weighted by molar-refractivity contribution is 9.09. The Morgan fingerprint density at radius 3 is 2.80 bits per heavy atom. The van der Waals surface area contributed by atoms with Crippen molar-refractivity contribution in [1.82, 2.24) is 4.90 Å². The van der Waals surface area contributed by atoms with Crippen molar-refractivity contribution < 1.29 is 9.18 Å². The molecule has 110 valence electrons. The molecule has 1 aromatic carbocycles. The molecule has 2 rings (SSSR count). The average Bonchev–Trinajstić information content (AvgIpc) is 2.42. The lowest BCUT2D eigenvalue weighted by Gasteiger charge is -2.35. The van der Waals surface area contributed by atoms with Gasteiger partial charge in [0.05, 0.1) is 6.42 Å². The van der Waals surface area contributed by atoms with Gasteiger partial charge in [0, 0.05) is 28.5 Å². The molecule has 1 saturated carbocycles. The van der Waals surface area contributed by atoms with Crippen LogP contribution in [0, 0.1) is 5.82 Å². The molecule has 0 saturated heterocycles. The molecule has 2 atom stereocenters. The van der Waals surface area contributed by atoms with Crippen LogP contribution in [0.4, 0.5) is 4.39 Å². The Labute approximate surface area is 132 Å². The molecule has 0 aromatic heterocycles. The number of carbonyl (C=O) groups is 1. The van der Waals surface area contributed by atoms with Crippen LogP contribution in [-0.2, 0) is 11.2 Å². The van der Waals surface area contributed by atoms with Crippen molar-refractivity contribution in [3.05, 3.63) is 34.6 Å². The summed E-state index contributed by atoms with van der Waals surface area (Å²) in [6.07, 6.45) is 4.39. The molecule has 1 amide bonds. The van der Waals surface area contributed by atoms with Gasteiger partial charge < -0.3 is 4.90 Å². The molecule has 0 N–H and O–H groups in total. The highest BCUT2D eigenvalue weighted by atomic mass is 79.9. The third-order valence-corrected chi connectivity index (χ3v) is 5.35. The molecule has 0 heterocycles. The summed E-state index contributed by atoms with van der Waals surface area (Å²) in [5, 5.41) is 0.311. The van der Waals surface area contributed by atoms with Crippen LogP contribution in [0.25, 0.3) is 0 Å². The fourth-order valence-corrected chi connectivity index (χ4v) is 3.84. The summed E-state index contributed by atoms with van der Waals surface area (Å²) >= 11 is 9.62. The average molecular weight is 363 g/mol. The lowest BCUT2D eigenvalue weighted by molar-refractivity contribution is -0.131. The number of halogens is 3. The van der Waals surface area contributed by atoms with Gasteiger partial charge in [-0.25, -0.2) is 4.39 Å². The summed E-state index contributed by atoms with van der Waals surface area (Å²) in [5.41, 5.74) is 0.285. The first-order chi connectivity index (χ1) is 9.50. The number of carbonyl (C=O) groups excluding carboxylic acids is 1. The zero-order valence-corrected chi connectivity index (χ0v) is 13.8. The SMILES string of the molecule is CN(C(=O)Cc1c(F)cccc1Cl)C1CCCCC1Br. The van der Waals surface area contributed by atoms with Gasteiger partial charge >= 0.3 is 0 Å². The molecule has 0 radical (unpaired) electrons. The highest BCUT2D eigenvalue weighted by Gasteiger charge is 2.29. The van der Waals surface area contributed by atoms with E-state index in [-0.39, 0.29) is 23.9 Å². The van der Waals surface area contributed by atoms with Crippen molar-refractivity contribution in [1.29, 1.82) is 0 Å². The Balaban J connectivity index is 2.07. The standard InChI is InChI=1S/C15H18BrClFNO/c1-19(14-8-3-2-5-11(14)16)15(20)9-10-12(17)6-4-7-13(10)18/h4,6-7,11,14H,2-3,5,8-9H2,1H3. The topological polar surface area (TPSA) is 20.3 Å². The maximum atomic E-state index is 13.7. The molecule has 20 heavy (non-hydrogen) atoms. The lowest BCUT2D eigenvalue weighted by Crippen LogP contribution is -2.44. The van der Waals surface area contributed by atoms with E-state index < -0.39 is 5.82 Å². The van der Waals surface area contributed by atoms with Crippen LogP contribution < -0.4 is 0 Å². The maximum Gasteiger partial charge on any atom is 0.227 e. The van der Waals surface area contributed by atoms with E-state index in [2.05, 4.69) is 15.9 Å². The van der Waals surface area contributed by atoms with Gasteiger partial charge in [-0.2, -0.15) is 0 Å². The van der Waals surface area contributed by atoms with Gasteiger partial charge in [0.1, 0.15) is 5.82 Å². The van der Waals surface area contributed by atoms with Gasteiger partial charge in [-0.05, 0) is 25.0 Å². The fourth-order valence-electron chi connectivity index (χ4n) is 2.66. The second-order valence-electron chi connectivity index (χ2n) is 5.25. The van der Waals surface area contributed by atoms with Crippen LogP contribution in [-0.4, -0.2) is 28.7 Å². The first-order valence-electron chi connectivity index (χ1n) is 6.83. The van der Waals surface area contributed by atoms with E-state index in [1.165, 1.54) is 12.5 Å². The molecule has 2 unspecified atom stereocenters. The van der Waals surface area contributed by atoms with Crippen LogP contribution in [0.2, 0.25) is 5.02 Å². The smallest absolute Gasteiger partial charge is 0.227 e. The third kappa shape index (κ3) is 3.53. The number of benzene rings is 1. The predicted octanol–water partition coefficient (Wildman–Crippen LogP) is 4.19. The monoisotopic (exact) mass is 361 g/mol. The highest BCUT2D eigenvalue weighted by Crippen LogP contribution is 2.29. The van der Waals surface area contributed by atoms with E-state index >= 15 is 0 Å². The van der Waals surface area contributed by atoms with Crippen LogP contribution in [0.3, 0.4) is 0 Å². The zero-order valence-electron chi connectivity index (χ0n) is 11.4. The normalized spacial score (nSPS) is 22.6.